The highest BCUT2D eigenvalue weighted by Crippen LogP contribution is 2.38. The van der Waals surface area contributed by atoms with Crippen molar-refractivity contribution in [2.45, 2.75) is 25.4 Å². The van der Waals surface area contributed by atoms with Crippen LogP contribution in [-0.4, -0.2) is 62.3 Å². The molecule has 2 aromatic rings. The van der Waals surface area contributed by atoms with Crippen LogP contribution in [0.4, 0.5) is 5.69 Å². The first-order valence-corrected chi connectivity index (χ1v) is 10.1. The number of methoxy groups -OCH3 is 3. The van der Waals surface area contributed by atoms with Crippen molar-refractivity contribution in [3.8, 4) is 17.2 Å². The van der Waals surface area contributed by atoms with E-state index >= 15 is 0 Å². The van der Waals surface area contributed by atoms with Gasteiger partial charge in [0, 0.05) is 24.3 Å². The Hall–Kier alpha value is -3.26. The van der Waals surface area contributed by atoms with Crippen LogP contribution in [-0.2, 0) is 11.2 Å². The quantitative estimate of drug-likeness (QED) is 0.703. The Balaban J connectivity index is 1.64. The molecule has 0 aromatic heterocycles. The summed E-state index contributed by atoms with van der Waals surface area (Å²) in [4.78, 5) is 26.9. The molecule has 1 heterocycles. The smallest absolute Gasteiger partial charge is 0.255 e. The maximum atomic E-state index is 12.7. The van der Waals surface area contributed by atoms with E-state index in [1.807, 2.05) is 12.1 Å². The zero-order valence-electron chi connectivity index (χ0n) is 18.0. The van der Waals surface area contributed by atoms with Crippen molar-refractivity contribution in [1.82, 2.24) is 4.90 Å². The minimum absolute atomic E-state index is 0.0427. The topological polar surface area (TPSA) is 97.3 Å². The molecule has 0 saturated carbocycles. The van der Waals surface area contributed by atoms with Crippen LogP contribution < -0.4 is 19.5 Å². The first-order chi connectivity index (χ1) is 14.9. The Morgan fingerprint density at radius 3 is 2.10 bits per heavy atom. The van der Waals surface area contributed by atoms with Crippen LogP contribution in [0.15, 0.2) is 36.4 Å². The summed E-state index contributed by atoms with van der Waals surface area (Å²) >= 11 is 0. The van der Waals surface area contributed by atoms with Crippen LogP contribution >= 0.6 is 0 Å². The molecule has 0 atom stereocenters. The third kappa shape index (κ3) is 5.46. The van der Waals surface area contributed by atoms with Gasteiger partial charge in [-0.15, -0.1) is 0 Å². The number of nitrogens with one attached hydrogen (secondary N) is 1. The zero-order chi connectivity index (χ0) is 22.4. The van der Waals surface area contributed by atoms with Gasteiger partial charge >= 0.3 is 0 Å². The van der Waals surface area contributed by atoms with Crippen LogP contribution in [0.3, 0.4) is 0 Å². The standard InChI is InChI=1S/C23H28N2O6/c1-29-19-13-16(14-20(30-2)22(19)31-3)23(28)24-17-6-4-15(5-7-17)12-21(27)25-10-8-18(26)9-11-25/h4-7,13-14,18,26H,8-12H2,1-3H3,(H,24,28). The van der Waals surface area contributed by atoms with Crippen molar-refractivity contribution in [2.24, 2.45) is 0 Å². The number of hydrogen-bond acceptors (Lipinski definition) is 6. The molecule has 2 amide bonds. The number of aliphatic hydroxyl groups is 1. The van der Waals surface area contributed by atoms with Crippen molar-refractivity contribution in [2.75, 3.05) is 39.7 Å². The highest BCUT2D eigenvalue weighted by molar-refractivity contribution is 6.05. The van der Waals surface area contributed by atoms with Gasteiger partial charge in [-0.05, 0) is 42.7 Å². The molecule has 1 fully saturated rings. The van der Waals surface area contributed by atoms with Crippen molar-refractivity contribution in [3.63, 3.8) is 0 Å². The van der Waals surface area contributed by atoms with Crippen molar-refractivity contribution >= 4 is 17.5 Å². The molecule has 8 heteroatoms. The number of ether oxygens (including phenoxy) is 3. The SMILES string of the molecule is COc1cc(C(=O)Nc2ccc(CC(=O)N3CCC(O)CC3)cc2)cc(OC)c1OC. The van der Waals surface area contributed by atoms with E-state index in [0.29, 0.717) is 54.4 Å². The number of piperidine rings is 1. The summed E-state index contributed by atoms with van der Waals surface area (Å²) < 4.78 is 15.9. The van der Waals surface area contributed by atoms with Crippen LogP contribution in [0.2, 0.25) is 0 Å². The van der Waals surface area contributed by atoms with Gasteiger partial charge in [-0.3, -0.25) is 9.59 Å². The van der Waals surface area contributed by atoms with Crippen molar-refractivity contribution < 1.29 is 28.9 Å². The number of rotatable bonds is 7. The van der Waals surface area contributed by atoms with Gasteiger partial charge in [0.1, 0.15) is 0 Å². The van der Waals surface area contributed by atoms with E-state index in [9.17, 15) is 14.7 Å². The van der Waals surface area contributed by atoms with E-state index in [0.717, 1.165) is 5.56 Å². The minimum atomic E-state index is -0.324. The number of amides is 2. The number of carbonyl (C=O) groups excluding carboxylic acids is 2. The van der Waals surface area contributed by atoms with Gasteiger partial charge in [0.05, 0.1) is 33.9 Å². The average Bonchev–Trinajstić information content (AvgIpc) is 2.79. The second-order valence-corrected chi connectivity index (χ2v) is 7.35. The van der Waals surface area contributed by atoms with Gasteiger partial charge in [0.25, 0.3) is 5.91 Å². The summed E-state index contributed by atoms with van der Waals surface area (Å²) in [6, 6.07) is 10.3. The van der Waals surface area contributed by atoms with E-state index in [4.69, 9.17) is 14.2 Å². The summed E-state index contributed by atoms with van der Waals surface area (Å²) in [6.07, 6.45) is 1.23. The lowest BCUT2D eigenvalue weighted by molar-refractivity contribution is -0.132. The van der Waals surface area contributed by atoms with E-state index in [2.05, 4.69) is 5.32 Å². The molecule has 1 saturated heterocycles. The van der Waals surface area contributed by atoms with E-state index < -0.39 is 0 Å². The van der Waals surface area contributed by atoms with Gasteiger partial charge in [-0.1, -0.05) is 12.1 Å². The molecule has 2 N–H and O–H groups in total. The van der Waals surface area contributed by atoms with Crippen LogP contribution in [0.25, 0.3) is 0 Å². The number of carbonyl (C=O) groups is 2. The molecule has 2 aromatic carbocycles. The lowest BCUT2D eigenvalue weighted by Crippen LogP contribution is -2.40. The molecule has 1 aliphatic rings. The first kappa shape index (κ1) is 22.4. The lowest BCUT2D eigenvalue weighted by Gasteiger charge is -2.29. The number of aliphatic hydroxyl groups excluding tert-OH is 1. The normalized spacial score (nSPS) is 14.1. The number of nitrogens with zero attached hydrogens (tertiary/aromatic N) is 1. The zero-order valence-corrected chi connectivity index (χ0v) is 18.0. The molecule has 0 bridgehead atoms. The average molecular weight is 428 g/mol. The summed E-state index contributed by atoms with van der Waals surface area (Å²) in [7, 11) is 4.48. The fraction of sp³-hybridized carbons (Fsp3) is 0.391. The molecule has 0 unspecified atom stereocenters. The largest absolute Gasteiger partial charge is 0.493 e. The second-order valence-electron chi connectivity index (χ2n) is 7.35. The van der Waals surface area contributed by atoms with Crippen LogP contribution in [0.5, 0.6) is 17.2 Å². The minimum Gasteiger partial charge on any atom is -0.493 e. The number of hydrogen-bond donors (Lipinski definition) is 2. The predicted octanol–water partition coefficient (Wildman–Crippen LogP) is 2.49. The number of benzene rings is 2. The summed E-state index contributed by atoms with van der Waals surface area (Å²) in [5.74, 6) is 0.923. The predicted molar refractivity (Wildman–Crippen MR) is 116 cm³/mol. The Morgan fingerprint density at radius 1 is 1.00 bits per heavy atom. The maximum Gasteiger partial charge on any atom is 0.255 e. The van der Waals surface area contributed by atoms with Crippen LogP contribution in [0.1, 0.15) is 28.8 Å². The van der Waals surface area contributed by atoms with E-state index in [1.54, 1.807) is 29.2 Å². The lowest BCUT2D eigenvalue weighted by atomic mass is 10.1. The number of anilines is 1. The molecular weight excluding hydrogens is 400 g/mol. The van der Waals surface area contributed by atoms with Crippen molar-refractivity contribution in [1.29, 1.82) is 0 Å². The fourth-order valence-electron chi connectivity index (χ4n) is 3.52. The van der Waals surface area contributed by atoms with Crippen LogP contribution in [0, 0.1) is 0 Å². The molecule has 0 spiro atoms. The van der Waals surface area contributed by atoms with E-state index in [-0.39, 0.29) is 24.3 Å². The molecule has 1 aliphatic heterocycles. The Labute approximate surface area is 181 Å². The Morgan fingerprint density at radius 2 is 1.58 bits per heavy atom. The molecule has 0 radical (unpaired) electrons. The molecule has 0 aliphatic carbocycles. The summed E-state index contributed by atoms with van der Waals surface area (Å²) in [5, 5.41) is 12.4. The first-order valence-electron chi connectivity index (χ1n) is 10.1. The monoisotopic (exact) mass is 428 g/mol. The van der Waals surface area contributed by atoms with Gasteiger partial charge in [0.2, 0.25) is 11.7 Å². The Kier molecular flexibility index (Phi) is 7.36. The van der Waals surface area contributed by atoms with Gasteiger partial charge in [0.15, 0.2) is 11.5 Å². The second kappa shape index (κ2) is 10.2. The summed E-state index contributed by atoms with van der Waals surface area (Å²) in [6.45, 7) is 1.17. The van der Waals surface area contributed by atoms with Crippen molar-refractivity contribution in [3.05, 3.63) is 47.5 Å². The molecule has 31 heavy (non-hydrogen) atoms. The van der Waals surface area contributed by atoms with Gasteiger partial charge in [-0.25, -0.2) is 0 Å². The Bertz CT molecular complexity index is 895. The molecule has 8 nitrogen and oxygen atoms in total. The fourth-order valence-corrected chi connectivity index (χ4v) is 3.52. The highest BCUT2D eigenvalue weighted by atomic mass is 16.5. The molecule has 166 valence electrons. The summed E-state index contributed by atoms with van der Waals surface area (Å²) in [5.41, 5.74) is 1.83. The van der Waals surface area contributed by atoms with Gasteiger partial charge < -0.3 is 29.5 Å². The van der Waals surface area contributed by atoms with E-state index in [1.165, 1.54) is 21.3 Å². The highest BCUT2D eigenvalue weighted by Gasteiger charge is 2.21. The third-order valence-electron chi connectivity index (χ3n) is 5.31. The van der Waals surface area contributed by atoms with Gasteiger partial charge in [-0.2, -0.15) is 0 Å². The molecular formula is C23H28N2O6. The molecule has 3 rings (SSSR count). The maximum absolute atomic E-state index is 12.7. The number of likely N-dealkylation sites (tertiary alicyclic amines) is 1. The third-order valence-corrected chi connectivity index (χ3v) is 5.31.